The Morgan fingerprint density at radius 1 is 1.24 bits per heavy atom. The summed E-state index contributed by atoms with van der Waals surface area (Å²) in [4.78, 5) is 8.59. The number of nitrogens with one attached hydrogen (secondary N) is 1. The number of unbranched alkanes of at least 4 members (excludes halogenated alkanes) is 2. The summed E-state index contributed by atoms with van der Waals surface area (Å²) in [6.07, 6.45) is 4.28. The van der Waals surface area contributed by atoms with Crippen LogP contribution < -0.4 is 15.8 Å². The Bertz CT molecular complexity index is 355. The average Bonchev–Trinajstić information content (AvgIpc) is 2.36. The number of aryl methyl sites for hydroxylation is 1. The second kappa shape index (κ2) is 6.93. The number of nitrogen functional groups attached to an aromatic ring is 1. The second-order valence-electron chi connectivity index (χ2n) is 3.90. The number of hydrogen-bond donors (Lipinski definition) is 2. The van der Waals surface area contributed by atoms with Crippen LogP contribution >= 0.6 is 0 Å². The third-order valence-corrected chi connectivity index (χ3v) is 2.54. The molecule has 0 aliphatic carbocycles. The Morgan fingerprint density at radius 3 is 2.59 bits per heavy atom. The average molecular weight is 238 g/mol. The molecule has 1 aromatic heterocycles. The maximum Gasteiger partial charge on any atom is 0.242 e. The highest BCUT2D eigenvalue weighted by atomic mass is 16.5. The monoisotopic (exact) mass is 238 g/mol. The number of rotatable bonds is 7. The third-order valence-electron chi connectivity index (χ3n) is 2.54. The minimum atomic E-state index is 0.454. The van der Waals surface area contributed by atoms with Crippen LogP contribution in [0.4, 0.5) is 11.5 Å². The molecule has 0 aromatic carbocycles. The number of nitrogens with zero attached hydrogens (tertiary/aromatic N) is 2. The summed E-state index contributed by atoms with van der Waals surface area (Å²) in [6.45, 7) is 5.06. The molecule has 0 bridgehead atoms. The van der Waals surface area contributed by atoms with Gasteiger partial charge in [-0.25, -0.2) is 4.98 Å². The third kappa shape index (κ3) is 3.76. The molecule has 0 saturated heterocycles. The van der Waals surface area contributed by atoms with Crippen molar-refractivity contribution in [2.75, 3.05) is 24.7 Å². The summed E-state index contributed by atoms with van der Waals surface area (Å²) >= 11 is 0. The molecule has 0 aliphatic rings. The van der Waals surface area contributed by atoms with E-state index in [-0.39, 0.29) is 0 Å². The van der Waals surface area contributed by atoms with Gasteiger partial charge in [-0.05, 0) is 6.42 Å². The van der Waals surface area contributed by atoms with Gasteiger partial charge in [-0.1, -0.05) is 26.7 Å². The smallest absolute Gasteiger partial charge is 0.242 e. The van der Waals surface area contributed by atoms with Crippen molar-refractivity contribution in [1.29, 1.82) is 0 Å². The first-order valence-electron chi connectivity index (χ1n) is 6.17. The zero-order valence-electron chi connectivity index (χ0n) is 10.9. The summed E-state index contributed by atoms with van der Waals surface area (Å²) < 4.78 is 5.14. The number of methoxy groups -OCH3 is 1. The summed E-state index contributed by atoms with van der Waals surface area (Å²) in [5, 5.41) is 3.24. The predicted octanol–water partition coefficient (Wildman–Crippen LogP) is 2.23. The summed E-state index contributed by atoms with van der Waals surface area (Å²) in [6, 6.07) is 0. The molecule has 5 nitrogen and oxygen atoms in total. The fourth-order valence-electron chi connectivity index (χ4n) is 1.52. The van der Waals surface area contributed by atoms with Crippen LogP contribution in [0.2, 0.25) is 0 Å². The van der Waals surface area contributed by atoms with Gasteiger partial charge in [0, 0.05) is 13.0 Å². The van der Waals surface area contributed by atoms with Gasteiger partial charge < -0.3 is 15.8 Å². The molecule has 96 valence electrons. The lowest BCUT2D eigenvalue weighted by Crippen LogP contribution is -2.10. The lowest BCUT2D eigenvalue weighted by Gasteiger charge is -2.12. The van der Waals surface area contributed by atoms with E-state index < -0.39 is 0 Å². The minimum absolute atomic E-state index is 0.454. The first-order valence-corrected chi connectivity index (χ1v) is 6.17. The fraction of sp³-hybridized carbons (Fsp3) is 0.667. The van der Waals surface area contributed by atoms with Gasteiger partial charge in [0.05, 0.1) is 7.11 Å². The van der Waals surface area contributed by atoms with Crippen LogP contribution in [0, 0.1) is 0 Å². The maximum absolute atomic E-state index is 5.92. The lowest BCUT2D eigenvalue weighted by molar-refractivity contribution is 0.397. The molecule has 1 rings (SSSR count). The topological polar surface area (TPSA) is 73.1 Å². The van der Waals surface area contributed by atoms with E-state index in [4.69, 9.17) is 10.5 Å². The Kier molecular flexibility index (Phi) is 5.52. The standard InChI is InChI=1S/C12H22N4O/c1-4-6-7-8-14-11-10(13)12(17-3)16-9(5-2)15-11/h4-8,13H2,1-3H3,(H,14,15,16). The molecule has 1 aromatic rings. The van der Waals surface area contributed by atoms with Crippen molar-refractivity contribution >= 4 is 11.5 Å². The first-order chi connectivity index (χ1) is 8.22. The van der Waals surface area contributed by atoms with Gasteiger partial charge in [-0.2, -0.15) is 4.98 Å². The van der Waals surface area contributed by atoms with Crippen LogP contribution in [0.3, 0.4) is 0 Å². The molecule has 17 heavy (non-hydrogen) atoms. The van der Waals surface area contributed by atoms with Crippen molar-refractivity contribution in [3.8, 4) is 5.88 Å². The Balaban J connectivity index is 2.75. The second-order valence-corrected chi connectivity index (χ2v) is 3.90. The van der Waals surface area contributed by atoms with Gasteiger partial charge in [0.15, 0.2) is 5.82 Å². The molecule has 0 atom stereocenters. The molecule has 1 heterocycles. The molecule has 3 N–H and O–H groups in total. The van der Waals surface area contributed by atoms with Crippen molar-refractivity contribution in [2.45, 2.75) is 39.5 Å². The predicted molar refractivity (Wildman–Crippen MR) is 70.4 cm³/mol. The molecule has 0 saturated carbocycles. The van der Waals surface area contributed by atoms with Crippen molar-refractivity contribution in [2.24, 2.45) is 0 Å². The summed E-state index contributed by atoms with van der Waals surface area (Å²) in [5.41, 5.74) is 6.41. The van der Waals surface area contributed by atoms with Crippen LogP contribution in [-0.2, 0) is 6.42 Å². The fourth-order valence-corrected chi connectivity index (χ4v) is 1.52. The van der Waals surface area contributed by atoms with Crippen molar-refractivity contribution in [3.63, 3.8) is 0 Å². The molecular weight excluding hydrogens is 216 g/mol. The van der Waals surface area contributed by atoms with Crippen LogP contribution in [0.1, 0.15) is 38.9 Å². The molecule has 0 radical (unpaired) electrons. The summed E-state index contributed by atoms with van der Waals surface area (Å²) in [7, 11) is 1.57. The van der Waals surface area contributed by atoms with Crippen LogP contribution in [0.5, 0.6) is 5.88 Å². The summed E-state index contributed by atoms with van der Waals surface area (Å²) in [5.74, 6) is 1.88. The van der Waals surface area contributed by atoms with E-state index in [2.05, 4.69) is 22.2 Å². The first kappa shape index (κ1) is 13.5. The van der Waals surface area contributed by atoms with Gasteiger partial charge in [-0.15, -0.1) is 0 Å². The van der Waals surface area contributed by atoms with Gasteiger partial charge >= 0.3 is 0 Å². The zero-order valence-corrected chi connectivity index (χ0v) is 10.9. The minimum Gasteiger partial charge on any atom is -0.479 e. The lowest BCUT2D eigenvalue weighted by atomic mass is 10.2. The highest BCUT2D eigenvalue weighted by Gasteiger charge is 2.10. The molecule has 0 unspecified atom stereocenters. The molecule has 0 fully saturated rings. The molecule has 0 spiro atoms. The molecule has 5 heteroatoms. The van der Waals surface area contributed by atoms with Crippen molar-refractivity contribution in [3.05, 3.63) is 5.82 Å². The van der Waals surface area contributed by atoms with Crippen LogP contribution in [-0.4, -0.2) is 23.6 Å². The van der Waals surface area contributed by atoms with Gasteiger partial charge in [0.1, 0.15) is 11.5 Å². The van der Waals surface area contributed by atoms with Crippen LogP contribution in [0.25, 0.3) is 0 Å². The quantitative estimate of drug-likeness (QED) is 0.713. The Labute approximate surface area is 103 Å². The zero-order chi connectivity index (χ0) is 12.7. The SMILES string of the molecule is CCCCCNc1nc(CC)nc(OC)c1N. The van der Waals surface area contributed by atoms with E-state index in [1.165, 1.54) is 12.8 Å². The van der Waals surface area contributed by atoms with Gasteiger partial charge in [-0.3, -0.25) is 0 Å². The van der Waals surface area contributed by atoms with Crippen molar-refractivity contribution in [1.82, 2.24) is 9.97 Å². The van der Waals surface area contributed by atoms with Crippen LogP contribution in [0.15, 0.2) is 0 Å². The number of aromatic nitrogens is 2. The van der Waals surface area contributed by atoms with Gasteiger partial charge in [0.25, 0.3) is 0 Å². The van der Waals surface area contributed by atoms with Crippen molar-refractivity contribution < 1.29 is 4.74 Å². The van der Waals surface area contributed by atoms with E-state index in [9.17, 15) is 0 Å². The number of nitrogens with two attached hydrogens (primary N) is 1. The van der Waals surface area contributed by atoms with E-state index in [0.29, 0.717) is 17.4 Å². The number of hydrogen-bond acceptors (Lipinski definition) is 5. The number of ether oxygens (including phenoxy) is 1. The normalized spacial score (nSPS) is 10.3. The Hall–Kier alpha value is -1.52. The maximum atomic E-state index is 5.92. The van der Waals surface area contributed by atoms with E-state index in [0.717, 1.165) is 25.2 Å². The molecular formula is C12H22N4O. The van der Waals surface area contributed by atoms with E-state index in [1.54, 1.807) is 7.11 Å². The molecule has 0 aliphatic heterocycles. The number of anilines is 2. The highest BCUT2D eigenvalue weighted by molar-refractivity contribution is 5.66. The van der Waals surface area contributed by atoms with E-state index >= 15 is 0 Å². The molecule has 0 amide bonds. The van der Waals surface area contributed by atoms with E-state index in [1.807, 2.05) is 6.92 Å². The highest BCUT2D eigenvalue weighted by Crippen LogP contribution is 2.25. The Morgan fingerprint density at radius 2 is 2.00 bits per heavy atom. The largest absolute Gasteiger partial charge is 0.479 e. The van der Waals surface area contributed by atoms with Gasteiger partial charge in [0.2, 0.25) is 5.88 Å².